The molecule has 0 saturated heterocycles. The SMILES string of the molecule is Cn1cnnc1C[C@@H]1CCC[C@H]1N. The van der Waals surface area contributed by atoms with Crippen LogP contribution >= 0.6 is 0 Å². The van der Waals surface area contributed by atoms with Crippen LogP contribution in [0.1, 0.15) is 25.1 Å². The Balaban J connectivity index is 2.01. The van der Waals surface area contributed by atoms with E-state index in [4.69, 9.17) is 5.73 Å². The van der Waals surface area contributed by atoms with Gasteiger partial charge < -0.3 is 10.3 Å². The highest BCUT2D eigenvalue weighted by Gasteiger charge is 2.25. The number of nitrogens with two attached hydrogens (primary N) is 1. The van der Waals surface area contributed by atoms with Crippen molar-refractivity contribution in [1.82, 2.24) is 14.8 Å². The molecule has 4 nitrogen and oxygen atoms in total. The van der Waals surface area contributed by atoms with Crippen molar-refractivity contribution in [2.45, 2.75) is 31.7 Å². The van der Waals surface area contributed by atoms with E-state index in [0.717, 1.165) is 12.2 Å². The lowest BCUT2D eigenvalue weighted by Gasteiger charge is -2.13. The van der Waals surface area contributed by atoms with E-state index in [1.165, 1.54) is 19.3 Å². The van der Waals surface area contributed by atoms with Crippen molar-refractivity contribution in [3.8, 4) is 0 Å². The molecule has 0 radical (unpaired) electrons. The monoisotopic (exact) mass is 180 g/mol. The molecule has 0 bridgehead atoms. The van der Waals surface area contributed by atoms with E-state index in [0.29, 0.717) is 12.0 Å². The Morgan fingerprint density at radius 2 is 2.46 bits per heavy atom. The number of hydrogen-bond donors (Lipinski definition) is 1. The molecule has 1 aromatic heterocycles. The van der Waals surface area contributed by atoms with Crippen LogP contribution in [0.25, 0.3) is 0 Å². The fourth-order valence-corrected chi connectivity index (χ4v) is 2.05. The van der Waals surface area contributed by atoms with Crippen LogP contribution in [0, 0.1) is 5.92 Å². The zero-order valence-corrected chi connectivity index (χ0v) is 7.98. The summed E-state index contributed by atoms with van der Waals surface area (Å²) in [6.45, 7) is 0. The predicted octanol–water partition coefficient (Wildman–Crippen LogP) is 0.485. The lowest BCUT2D eigenvalue weighted by atomic mass is 10.00. The minimum atomic E-state index is 0.372. The first-order chi connectivity index (χ1) is 6.27. The van der Waals surface area contributed by atoms with E-state index in [-0.39, 0.29) is 0 Å². The molecule has 0 amide bonds. The predicted molar refractivity (Wildman–Crippen MR) is 50.0 cm³/mol. The normalized spacial score (nSPS) is 28.2. The molecule has 1 fully saturated rings. The van der Waals surface area contributed by atoms with E-state index in [1.807, 2.05) is 11.6 Å². The highest BCUT2D eigenvalue weighted by Crippen LogP contribution is 2.26. The fraction of sp³-hybridized carbons (Fsp3) is 0.778. The number of aromatic nitrogens is 3. The molecule has 1 saturated carbocycles. The standard InChI is InChI=1S/C9H16N4/c1-13-6-11-12-9(13)5-7-3-2-4-8(7)10/h6-8H,2-5,10H2,1H3/t7-,8+/m0/s1. The van der Waals surface area contributed by atoms with Crippen LogP contribution in [0.4, 0.5) is 0 Å². The summed E-state index contributed by atoms with van der Waals surface area (Å²) in [6, 6.07) is 0.372. The minimum absolute atomic E-state index is 0.372. The maximum Gasteiger partial charge on any atom is 0.132 e. The van der Waals surface area contributed by atoms with Crippen LogP contribution in [0.5, 0.6) is 0 Å². The molecule has 13 heavy (non-hydrogen) atoms. The highest BCUT2D eigenvalue weighted by molar-refractivity contribution is 4.92. The van der Waals surface area contributed by atoms with Crippen molar-refractivity contribution in [3.63, 3.8) is 0 Å². The van der Waals surface area contributed by atoms with E-state index in [9.17, 15) is 0 Å². The van der Waals surface area contributed by atoms with Crippen LogP contribution in [0.15, 0.2) is 6.33 Å². The largest absolute Gasteiger partial charge is 0.327 e. The van der Waals surface area contributed by atoms with Gasteiger partial charge in [-0.05, 0) is 18.8 Å². The zero-order valence-electron chi connectivity index (χ0n) is 7.98. The molecule has 0 aliphatic heterocycles. The molecule has 72 valence electrons. The van der Waals surface area contributed by atoms with Crippen molar-refractivity contribution in [2.75, 3.05) is 0 Å². The Bertz CT molecular complexity index is 281. The van der Waals surface area contributed by atoms with Gasteiger partial charge in [-0.2, -0.15) is 0 Å². The zero-order chi connectivity index (χ0) is 9.26. The van der Waals surface area contributed by atoms with Gasteiger partial charge in [0.1, 0.15) is 12.2 Å². The molecule has 2 atom stereocenters. The Morgan fingerprint density at radius 1 is 1.62 bits per heavy atom. The maximum atomic E-state index is 5.99. The molecule has 1 aromatic rings. The summed E-state index contributed by atoms with van der Waals surface area (Å²) in [5.74, 6) is 1.67. The van der Waals surface area contributed by atoms with Gasteiger partial charge in [0.05, 0.1) is 0 Å². The second-order valence-corrected chi connectivity index (χ2v) is 3.92. The number of rotatable bonds is 2. The molecule has 2 N–H and O–H groups in total. The third-order valence-electron chi connectivity index (χ3n) is 2.97. The molecule has 2 rings (SSSR count). The van der Waals surface area contributed by atoms with Gasteiger partial charge in [-0.15, -0.1) is 10.2 Å². The molecule has 1 heterocycles. The molecule has 1 aliphatic rings. The van der Waals surface area contributed by atoms with Crippen LogP contribution in [0.3, 0.4) is 0 Å². The molecule has 0 spiro atoms. The second kappa shape index (κ2) is 3.46. The summed E-state index contributed by atoms with van der Waals surface area (Å²) in [7, 11) is 1.98. The first-order valence-electron chi connectivity index (χ1n) is 4.86. The van der Waals surface area contributed by atoms with Crippen molar-refractivity contribution < 1.29 is 0 Å². The smallest absolute Gasteiger partial charge is 0.132 e. The van der Waals surface area contributed by atoms with Gasteiger partial charge in [-0.1, -0.05) is 6.42 Å². The fourth-order valence-electron chi connectivity index (χ4n) is 2.05. The summed E-state index contributed by atoms with van der Waals surface area (Å²) in [5, 5.41) is 7.93. The average Bonchev–Trinajstić information content (AvgIpc) is 2.65. The van der Waals surface area contributed by atoms with Crippen LogP contribution in [-0.2, 0) is 13.5 Å². The third kappa shape index (κ3) is 1.72. The van der Waals surface area contributed by atoms with Gasteiger partial charge in [0.25, 0.3) is 0 Å². The first-order valence-corrected chi connectivity index (χ1v) is 4.86. The Hall–Kier alpha value is -0.900. The maximum absolute atomic E-state index is 5.99. The van der Waals surface area contributed by atoms with Gasteiger partial charge in [0.15, 0.2) is 0 Å². The van der Waals surface area contributed by atoms with Gasteiger partial charge in [-0.25, -0.2) is 0 Å². The Morgan fingerprint density at radius 3 is 3.00 bits per heavy atom. The van der Waals surface area contributed by atoms with Crippen molar-refractivity contribution in [3.05, 3.63) is 12.2 Å². The van der Waals surface area contributed by atoms with Gasteiger partial charge >= 0.3 is 0 Å². The van der Waals surface area contributed by atoms with Crippen LogP contribution in [0.2, 0.25) is 0 Å². The second-order valence-electron chi connectivity index (χ2n) is 3.92. The topological polar surface area (TPSA) is 56.7 Å². The molecule has 1 aliphatic carbocycles. The van der Waals surface area contributed by atoms with E-state index in [1.54, 1.807) is 6.33 Å². The van der Waals surface area contributed by atoms with Gasteiger partial charge in [0, 0.05) is 19.5 Å². The van der Waals surface area contributed by atoms with Crippen LogP contribution in [-0.4, -0.2) is 20.8 Å². The quantitative estimate of drug-likeness (QED) is 0.720. The van der Waals surface area contributed by atoms with E-state index >= 15 is 0 Å². The molecular weight excluding hydrogens is 164 g/mol. The van der Waals surface area contributed by atoms with Gasteiger partial charge in [0.2, 0.25) is 0 Å². The lowest BCUT2D eigenvalue weighted by Crippen LogP contribution is -2.26. The van der Waals surface area contributed by atoms with E-state index < -0.39 is 0 Å². The molecule has 0 unspecified atom stereocenters. The van der Waals surface area contributed by atoms with Crippen molar-refractivity contribution >= 4 is 0 Å². The minimum Gasteiger partial charge on any atom is -0.327 e. The van der Waals surface area contributed by atoms with Crippen LogP contribution < -0.4 is 5.73 Å². The lowest BCUT2D eigenvalue weighted by molar-refractivity contribution is 0.461. The highest BCUT2D eigenvalue weighted by atomic mass is 15.2. The summed E-state index contributed by atoms with van der Waals surface area (Å²) in [6.07, 6.45) is 6.41. The van der Waals surface area contributed by atoms with E-state index in [2.05, 4.69) is 10.2 Å². The van der Waals surface area contributed by atoms with Crippen molar-refractivity contribution in [1.29, 1.82) is 0 Å². The third-order valence-corrected chi connectivity index (χ3v) is 2.97. The number of aryl methyl sites for hydroxylation is 1. The molecule has 0 aromatic carbocycles. The first kappa shape index (κ1) is 8.69. The number of nitrogens with zero attached hydrogens (tertiary/aromatic N) is 3. The Labute approximate surface area is 78.1 Å². The summed E-state index contributed by atoms with van der Waals surface area (Å²) < 4.78 is 1.98. The molecular formula is C9H16N4. The summed E-state index contributed by atoms with van der Waals surface area (Å²) in [5.41, 5.74) is 5.99. The van der Waals surface area contributed by atoms with Gasteiger partial charge in [-0.3, -0.25) is 0 Å². The number of hydrogen-bond acceptors (Lipinski definition) is 3. The molecule has 4 heteroatoms. The summed E-state index contributed by atoms with van der Waals surface area (Å²) in [4.78, 5) is 0. The van der Waals surface area contributed by atoms with Crippen molar-refractivity contribution in [2.24, 2.45) is 18.7 Å². The Kier molecular flexibility index (Phi) is 2.31. The summed E-state index contributed by atoms with van der Waals surface area (Å²) >= 11 is 0. The average molecular weight is 180 g/mol.